The number of sulfone groups is 1. The van der Waals surface area contributed by atoms with Gasteiger partial charge in [-0.05, 0) is 42.0 Å². The molecule has 3 rings (SSSR count). The average Bonchev–Trinajstić information content (AvgIpc) is 3.09. The Morgan fingerprint density at radius 2 is 1.66 bits per heavy atom. The molecule has 0 unspecified atom stereocenters. The summed E-state index contributed by atoms with van der Waals surface area (Å²) in [4.78, 5) is 16.1. The number of carbonyl (C=O) groups is 1. The number of amides is 1. The standard InChI is InChI=1S/C18H12F4N2O3S2/c19-13-5-1-11(2-6-13)9-14-10-23-17(28-14)24-16(25)12-3-7-15(8-4-12)29(26,27)18(20,21)22/h1-8,10H,9H2,(H,23,24,25). The summed E-state index contributed by atoms with van der Waals surface area (Å²) < 4.78 is 73.3. The van der Waals surface area contributed by atoms with Crippen LogP contribution in [0.3, 0.4) is 0 Å². The quantitative estimate of drug-likeness (QED) is 0.591. The van der Waals surface area contributed by atoms with Crippen LogP contribution < -0.4 is 5.32 Å². The lowest BCUT2D eigenvalue weighted by molar-refractivity contribution is -0.0436. The molecule has 1 aromatic heterocycles. The van der Waals surface area contributed by atoms with E-state index in [0.29, 0.717) is 6.42 Å². The maximum atomic E-state index is 12.9. The van der Waals surface area contributed by atoms with Crippen LogP contribution in [0, 0.1) is 5.82 Å². The molecule has 0 aliphatic rings. The zero-order valence-electron chi connectivity index (χ0n) is 14.4. The molecule has 11 heteroatoms. The lowest BCUT2D eigenvalue weighted by atomic mass is 10.1. The van der Waals surface area contributed by atoms with Crippen LogP contribution >= 0.6 is 11.3 Å². The third-order valence-electron chi connectivity index (χ3n) is 3.80. The fraction of sp³-hybridized carbons (Fsp3) is 0.111. The number of hydrogen-bond acceptors (Lipinski definition) is 5. The maximum absolute atomic E-state index is 12.9. The van der Waals surface area contributed by atoms with Crippen molar-refractivity contribution >= 4 is 32.2 Å². The highest BCUT2D eigenvalue weighted by atomic mass is 32.2. The molecular formula is C18H12F4N2O3S2. The Labute approximate surface area is 166 Å². The predicted molar refractivity (Wildman–Crippen MR) is 99.0 cm³/mol. The topological polar surface area (TPSA) is 76.1 Å². The van der Waals surface area contributed by atoms with Crippen LogP contribution in [0.25, 0.3) is 0 Å². The van der Waals surface area contributed by atoms with Gasteiger partial charge in [-0.2, -0.15) is 13.2 Å². The van der Waals surface area contributed by atoms with Gasteiger partial charge in [0, 0.05) is 23.1 Å². The van der Waals surface area contributed by atoms with Crippen LogP contribution in [-0.2, 0) is 16.3 Å². The van der Waals surface area contributed by atoms with E-state index in [9.17, 15) is 30.8 Å². The molecule has 152 valence electrons. The normalized spacial score (nSPS) is 12.0. The minimum absolute atomic E-state index is 0.0265. The monoisotopic (exact) mass is 444 g/mol. The Bertz CT molecular complexity index is 1120. The third kappa shape index (κ3) is 4.80. The SMILES string of the molecule is O=C(Nc1ncc(Cc2ccc(F)cc2)s1)c1ccc(S(=O)(=O)C(F)(F)F)cc1. The zero-order chi connectivity index (χ0) is 21.2. The lowest BCUT2D eigenvalue weighted by Crippen LogP contribution is -2.23. The van der Waals surface area contributed by atoms with Crippen molar-refractivity contribution in [3.05, 3.63) is 76.5 Å². The van der Waals surface area contributed by atoms with E-state index in [1.54, 1.807) is 18.3 Å². The van der Waals surface area contributed by atoms with Crippen LogP contribution in [0.15, 0.2) is 59.6 Å². The van der Waals surface area contributed by atoms with Crippen molar-refractivity contribution in [2.24, 2.45) is 0 Å². The molecule has 3 aromatic rings. The van der Waals surface area contributed by atoms with Gasteiger partial charge in [-0.25, -0.2) is 17.8 Å². The number of nitrogens with one attached hydrogen (secondary N) is 1. The number of nitrogens with zero attached hydrogens (tertiary/aromatic N) is 1. The van der Waals surface area contributed by atoms with E-state index in [1.807, 2.05) is 0 Å². The Hall–Kier alpha value is -2.79. The van der Waals surface area contributed by atoms with Crippen molar-refractivity contribution < 1.29 is 30.8 Å². The first-order valence-electron chi connectivity index (χ1n) is 7.98. The summed E-state index contributed by atoms with van der Waals surface area (Å²) in [6.07, 6.45) is 2.03. The number of rotatable bonds is 5. The number of aromatic nitrogens is 1. The number of thiazole rings is 1. The van der Waals surface area contributed by atoms with E-state index in [1.165, 1.54) is 23.5 Å². The second-order valence-electron chi connectivity index (χ2n) is 5.86. The lowest BCUT2D eigenvalue weighted by Gasteiger charge is -2.08. The minimum Gasteiger partial charge on any atom is -0.298 e. The Kier molecular flexibility index (Phi) is 5.71. The van der Waals surface area contributed by atoms with Gasteiger partial charge in [0.15, 0.2) is 5.13 Å². The molecule has 0 saturated carbocycles. The molecular weight excluding hydrogens is 432 g/mol. The predicted octanol–water partition coefficient (Wildman–Crippen LogP) is 4.42. The van der Waals surface area contributed by atoms with E-state index >= 15 is 0 Å². The van der Waals surface area contributed by atoms with E-state index in [0.717, 1.165) is 34.7 Å². The number of halogens is 4. The van der Waals surface area contributed by atoms with Crippen LogP contribution in [-0.4, -0.2) is 24.8 Å². The first kappa shape index (κ1) is 20.9. The van der Waals surface area contributed by atoms with Crippen molar-refractivity contribution in [2.75, 3.05) is 5.32 Å². The Morgan fingerprint density at radius 1 is 1.03 bits per heavy atom. The summed E-state index contributed by atoms with van der Waals surface area (Å²) in [5.41, 5.74) is -4.59. The number of anilines is 1. The molecule has 0 aliphatic carbocycles. The van der Waals surface area contributed by atoms with Crippen molar-refractivity contribution in [1.29, 1.82) is 0 Å². The molecule has 0 radical (unpaired) electrons. The van der Waals surface area contributed by atoms with Gasteiger partial charge < -0.3 is 0 Å². The summed E-state index contributed by atoms with van der Waals surface area (Å²) in [6.45, 7) is 0. The molecule has 0 bridgehead atoms. The van der Waals surface area contributed by atoms with Gasteiger partial charge in [-0.3, -0.25) is 10.1 Å². The molecule has 0 atom stereocenters. The van der Waals surface area contributed by atoms with E-state index < -0.39 is 26.1 Å². The van der Waals surface area contributed by atoms with E-state index in [-0.39, 0.29) is 16.5 Å². The van der Waals surface area contributed by atoms with Gasteiger partial charge >= 0.3 is 5.51 Å². The fourth-order valence-corrected chi connectivity index (χ4v) is 3.94. The van der Waals surface area contributed by atoms with E-state index in [2.05, 4.69) is 10.3 Å². The second-order valence-corrected chi connectivity index (χ2v) is 8.92. The number of hydrogen-bond donors (Lipinski definition) is 1. The van der Waals surface area contributed by atoms with Gasteiger partial charge in [-0.1, -0.05) is 12.1 Å². The molecule has 0 saturated heterocycles. The minimum atomic E-state index is -5.47. The second kappa shape index (κ2) is 7.91. The smallest absolute Gasteiger partial charge is 0.298 e. The molecule has 1 N–H and O–H groups in total. The summed E-state index contributed by atoms with van der Waals surface area (Å²) >= 11 is 1.18. The van der Waals surface area contributed by atoms with Crippen LogP contribution in [0.1, 0.15) is 20.8 Å². The maximum Gasteiger partial charge on any atom is 0.501 e. The van der Waals surface area contributed by atoms with Gasteiger partial charge in [0.1, 0.15) is 5.82 Å². The molecule has 0 aliphatic heterocycles. The van der Waals surface area contributed by atoms with Crippen molar-refractivity contribution in [1.82, 2.24) is 4.98 Å². The summed E-state index contributed by atoms with van der Waals surface area (Å²) in [7, 11) is -5.47. The molecule has 0 fully saturated rings. The number of carbonyl (C=O) groups excluding carboxylic acids is 1. The van der Waals surface area contributed by atoms with Crippen molar-refractivity contribution in [3.8, 4) is 0 Å². The van der Waals surface area contributed by atoms with Gasteiger partial charge in [0.05, 0.1) is 4.90 Å². The highest BCUT2D eigenvalue weighted by Crippen LogP contribution is 2.30. The zero-order valence-corrected chi connectivity index (χ0v) is 16.0. The van der Waals surface area contributed by atoms with Crippen molar-refractivity contribution in [2.45, 2.75) is 16.8 Å². The average molecular weight is 444 g/mol. The molecule has 2 aromatic carbocycles. The molecule has 0 spiro atoms. The number of alkyl halides is 3. The first-order valence-corrected chi connectivity index (χ1v) is 10.3. The Balaban J connectivity index is 1.68. The van der Waals surface area contributed by atoms with Crippen LogP contribution in [0.2, 0.25) is 0 Å². The third-order valence-corrected chi connectivity index (χ3v) is 6.21. The van der Waals surface area contributed by atoms with Gasteiger partial charge in [0.25, 0.3) is 15.7 Å². The largest absolute Gasteiger partial charge is 0.501 e. The van der Waals surface area contributed by atoms with Crippen LogP contribution in [0.4, 0.5) is 22.7 Å². The summed E-state index contributed by atoms with van der Waals surface area (Å²) in [6, 6.07) is 9.35. The van der Waals surface area contributed by atoms with E-state index in [4.69, 9.17) is 0 Å². The Morgan fingerprint density at radius 3 is 2.24 bits per heavy atom. The summed E-state index contributed by atoms with van der Waals surface area (Å²) in [5, 5.41) is 2.76. The molecule has 29 heavy (non-hydrogen) atoms. The highest BCUT2D eigenvalue weighted by Gasteiger charge is 2.46. The van der Waals surface area contributed by atoms with Gasteiger partial charge in [-0.15, -0.1) is 11.3 Å². The van der Waals surface area contributed by atoms with Crippen molar-refractivity contribution in [3.63, 3.8) is 0 Å². The first-order chi connectivity index (χ1) is 13.6. The molecule has 1 heterocycles. The fourth-order valence-electron chi connectivity index (χ4n) is 2.34. The van der Waals surface area contributed by atoms with Crippen LogP contribution in [0.5, 0.6) is 0 Å². The molecule has 1 amide bonds. The number of benzene rings is 2. The summed E-state index contributed by atoms with van der Waals surface area (Å²) in [5.74, 6) is -0.997. The highest BCUT2D eigenvalue weighted by molar-refractivity contribution is 7.92. The molecule has 5 nitrogen and oxygen atoms in total. The van der Waals surface area contributed by atoms with Gasteiger partial charge in [0.2, 0.25) is 0 Å².